The lowest BCUT2D eigenvalue weighted by molar-refractivity contribution is 0.128. The molecule has 0 atom stereocenters. The molecule has 0 radical (unpaired) electrons. The Morgan fingerprint density at radius 1 is 1.25 bits per heavy atom. The molecule has 2 rings (SSSR count). The molecule has 1 aliphatic heterocycles. The molecule has 0 aromatic carbocycles. The van der Waals surface area contributed by atoms with E-state index in [2.05, 4.69) is 30.6 Å². The third-order valence-electron chi connectivity index (χ3n) is 3.73. The number of aromatic nitrogens is 1. The quantitative estimate of drug-likeness (QED) is 0.916. The number of thiazole rings is 1. The third-order valence-corrected chi connectivity index (χ3v) is 4.91. The molecule has 0 amide bonds. The van der Waals surface area contributed by atoms with Crippen molar-refractivity contribution in [2.24, 2.45) is 5.73 Å². The number of methoxy groups -OCH3 is 1. The maximum absolute atomic E-state index is 5.79. The molecular formula is C14H26N4OS. The first-order chi connectivity index (χ1) is 9.45. The van der Waals surface area contributed by atoms with Crippen LogP contribution in [0.25, 0.3) is 0 Å². The van der Waals surface area contributed by atoms with Gasteiger partial charge in [0.05, 0.1) is 12.3 Å². The van der Waals surface area contributed by atoms with Crippen LogP contribution < -0.4 is 10.6 Å². The molecule has 0 bridgehead atoms. The molecule has 1 aliphatic rings. The molecule has 0 aliphatic carbocycles. The van der Waals surface area contributed by atoms with Crippen molar-refractivity contribution in [3.63, 3.8) is 0 Å². The molecule has 6 heteroatoms. The van der Waals surface area contributed by atoms with Crippen molar-refractivity contribution >= 4 is 16.5 Å². The van der Waals surface area contributed by atoms with E-state index in [1.807, 2.05) is 0 Å². The summed E-state index contributed by atoms with van der Waals surface area (Å²) in [5, 5.41) is 1.09. The van der Waals surface area contributed by atoms with Crippen molar-refractivity contribution < 1.29 is 4.74 Å². The van der Waals surface area contributed by atoms with Crippen LogP contribution in [0.15, 0.2) is 0 Å². The zero-order valence-corrected chi connectivity index (χ0v) is 13.8. The highest BCUT2D eigenvalue weighted by Gasteiger charge is 2.27. The number of piperazine rings is 1. The lowest BCUT2D eigenvalue weighted by atomic mass is 10.1. The van der Waals surface area contributed by atoms with Crippen LogP contribution in [0, 0.1) is 0 Å². The van der Waals surface area contributed by atoms with Crippen LogP contribution in [0.3, 0.4) is 0 Å². The number of anilines is 1. The van der Waals surface area contributed by atoms with Gasteiger partial charge in [-0.3, -0.25) is 4.90 Å². The Labute approximate surface area is 125 Å². The number of hydrogen-bond donors (Lipinski definition) is 1. The van der Waals surface area contributed by atoms with Gasteiger partial charge in [0.2, 0.25) is 0 Å². The van der Waals surface area contributed by atoms with Crippen molar-refractivity contribution in [1.82, 2.24) is 9.88 Å². The van der Waals surface area contributed by atoms with Crippen LogP contribution in [-0.4, -0.2) is 48.7 Å². The van der Waals surface area contributed by atoms with Crippen LogP contribution in [0.1, 0.15) is 31.3 Å². The molecule has 2 N–H and O–H groups in total. The molecular weight excluding hydrogens is 272 g/mol. The Morgan fingerprint density at radius 2 is 1.90 bits per heavy atom. The molecule has 2 heterocycles. The highest BCUT2D eigenvalue weighted by atomic mass is 32.1. The Morgan fingerprint density at radius 3 is 2.40 bits per heavy atom. The average molecular weight is 298 g/mol. The SMILES string of the molecule is COCc1nc(N2CCN(C(C)(C)C)CC2)sc1CN. The molecule has 0 saturated carbocycles. The summed E-state index contributed by atoms with van der Waals surface area (Å²) in [5.74, 6) is 0. The van der Waals surface area contributed by atoms with Gasteiger partial charge in [0, 0.05) is 50.2 Å². The minimum atomic E-state index is 0.249. The van der Waals surface area contributed by atoms with E-state index in [1.54, 1.807) is 18.4 Å². The second-order valence-electron chi connectivity index (χ2n) is 6.15. The molecule has 114 valence electrons. The predicted octanol–water partition coefficient (Wildman–Crippen LogP) is 1.67. The fourth-order valence-corrected chi connectivity index (χ4v) is 3.48. The summed E-state index contributed by atoms with van der Waals surface area (Å²) in [6.45, 7) is 12.1. The Bertz CT molecular complexity index is 433. The Balaban J connectivity index is 2.03. The van der Waals surface area contributed by atoms with Gasteiger partial charge in [-0.05, 0) is 20.8 Å². The minimum Gasteiger partial charge on any atom is -0.378 e. The molecule has 20 heavy (non-hydrogen) atoms. The number of ether oxygens (including phenoxy) is 1. The predicted molar refractivity (Wildman–Crippen MR) is 84.3 cm³/mol. The number of hydrogen-bond acceptors (Lipinski definition) is 6. The van der Waals surface area contributed by atoms with Crippen molar-refractivity contribution in [2.45, 2.75) is 39.5 Å². The van der Waals surface area contributed by atoms with Gasteiger partial charge in [-0.15, -0.1) is 11.3 Å². The average Bonchev–Trinajstić information content (AvgIpc) is 2.81. The van der Waals surface area contributed by atoms with Gasteiger partial charge < -0.3 is 15.4 Å². The van der Waals surface area contributed by atoms with E-state index in [0.717, 1.165) is 41.9 Å². The second kappa shape index (κ2) is 6.39. The molecule has 1 fully saturated rings. The minimum absolute atomic E-state index is 0.249. The maximum atomic E-state index is 5.79. The van der Waals surface area contributed by atoms with Gasteiger partial charge in [0.1, 0.15) is 0 Å². The van der Waals surface area contributed by atoms with E-state index in [0.29, 0.717) is 13.2 Å². The summed E-state index contributed by atoms with van der Waals surface area (Å²) in [4.78, 5) is 10.7. The summed E-state index contributed by atoms with van der Waals surface area (Å²) in [6.07, 6.45) is 0. The monoisotopic (exact) mass is 298 g/mol. The van der Waals surface area contributed by atoms with E-state index in [1.165, 1.54) is 0 Å². The first-order valence-electron chi connectivity index (χ1n) is 7.13. The molecule has 0 spiro atoms. The largest absolute Gasteiger partial charge is 0.378 e. The highest BCUT2D eigenvalue weighted by molar-refractivity contribution is 7.15. The van der Waals surface area contributed by atoms with Crippen molar-refractivity contribution in [3.8, 4) is 0 Å². The van der Waals surface area contributed by atoms with Crippen LogP contribution in [0.5, 0.6) is 0 Å². The maximum Gasteiger partial charge on any atom is 0.185 e. The molecule has 5 nitrogen and oxygen atoms in total. The van der Waals surface area contributed by atoms with Gasteiger partial charge >= 0.3 is 0 Å². The smallest absolute Gasteiger partial charge is 0.185 e. The van der Waals surface area contributed by atoms with Crippen LogP contribution >= 0.6 is 11.3 Å². The topological polar surface area (TPSA) is 54.6 Å². The zero-order chi connectivity index (χ0) is 14.8. The normalized spacial score (nSPS) is 17.8. The van der Waals surface area contributed by atoms with Crippen molar-refractivity contribution in [3.05, 3.63) is 10.6 Å². The summed E-state index contributed by atoms with van der Waals surface area (Å²) in [6, 6.07) is 0. The lowest BCUT2D eigenvalue weighted by Gasteiger charge is -2.42. The first-order valence-corrected chi connectivity index (χ1v) is 7.95. The second-order valence-corrected chi connectivity index (χ2v) is 7.21. The molecule has 1 saturated heterocycles. The summed E-state index contributed by atoms with van der Waals surface area (Å²) in [5.41, 5.74) is 7.03. The van der Waals surface area contributed by atoms with E-state index in [9.17, 15) is 0 Å². The summed E-state index contributed by atoms with van der Waals surface area (Å²) in [7, 11) is 1.70. The van der Waals surface area contributed by atoms with Crippen LogP contribution in [0.2, 0.25) is 0 Å². The van der Waals surface area contributed by atoms with Gasteiger partial charge in [-0.1, -0.05) is 0 Å². The van der Waals surface area contributed by atoms with Gasteiger partial charge in [-0.25, -0.2) is 4.98 Å². The van der Waals surface area contributed by atoms with Crippen LogP contribution in [-0.2, 0) is 17.9 Å². The first kappa shape index (κ1) is 15.7. The lowest BCUT2D eigenvalue weighted by Crippen LogP contribution is -2.53. The van der Waals surface area contributed by atoms with E-state index < -0.39 is 0 Å². The molecule has 1 aromatic rings. The fourth-order valence-electron chi connectivity index (χ4n) is 2.48. The standard InChI is InChI=1S/C14H26N4OS/c1-14(2,3)18-7-5-17(6-8-18)13-16-11(10-19-4)12(9-15)20-13/h5-10,15H2,1-4H3. The number of nitrogens with two attached hydrogens (primary N) is 1. The Kier molecular flexibility index (Phi) is 5.01. The zero-order valence-electron chi connectivity index (χ0n) is 13.0. The third kappa shape index (κ3) is 3.49. The summed E-state index contributed by atoms with van der Waals surface area (Å²) >= 11 is 1.71. The van der Waals surface area contributed by atoms with Gasteiger partial charge in [-0.2, -0.15) is 0 Å². The summed E-state index contributed by atoms with van der Waals surface area (Å²) < 4.78 is 5.19. The van der Waals surface area contributed by atoms with Gasteiger partial charge in [0.15, 0.2) is 5.13 Å². The number of rotatable bonds is 4. The number of nitrogens with zero attached hydrogens (tertiary/aromatic N) is 3. The fraction of sp³-hybridized carbons (Fsp3) is 0.786. The van der Waals surface area contributed by atoms with Crippen molar-refractivity contribution in [1.29, 1.82) is 0 Å². The molecule has 0 unspecified atom stereocenters. The molecule has 1 aromatic heterocycles. The van der Waals surface area contributed by atoms with E-state index in [4.69, 9.17) is 15.5 Å². The van der Waals surface area contributed by atoms with E-state index in [-0.39, 0.29) is 5.54 Å². The van der Waals surface area contributed by atoms with Crippen LogP contribution in [0.4, 0.5) is 5.13 Å². The highest BCUT2D eigenvalue weighted by Crippen LogP contribution is 2.28. The Hall–Kier alpha value is -0.690. The van der Waals surface area contributed by atoms with Gasteiger partial charge in [0.25, 0.3) is 0 Å². The van der Waals surface area contributed by atoms with E-state index >= 15 is 0 Å². The van der Waals surface area contributed by atoms with Crippen molar-refractivity contribution in [2.75, 3.05) is 38.2 Å².